The zero-order valence-corrected chi connectivity index (χ0v) is 9.83. The average molecular weight is 234 g/mol. The van der Waals surface area contributed by atoms with Gasteiger partial charge in [-0.3, -0.25) is 0 Å². The Balaban J connectivity index is 2.97. The van der Waals surface area contributed by atoms with E-state index in [1.807, 2.05) is 0 Å². The van der Waals surface area contributed by atoms with Gasteiger partial charge in [-0.05, 0) is 13.8 Å². The van der Waals surface area contributed by atoms with Crippen molar-refractivity contribution in [2.45, 2.75) is 26.2 Å². The summed E-state index contributed by atoms with van der Waals surface area (Å²) in [7, 11) is 2.92. The van der Waals surface area contributed by atoms with Gasteiger partial charge in [-0.2, -0.15) is 0 Å². The Morgan fingerprint density at radius 2 is 1.94 bits per heavy atom. The van der Waals surface area contributed by atoms with E-state index in [4.69, 9.17) is 9.47 Å². The van der Waals surface area contributed by atoms with Crippen molar-refractivity contribution in [3.63, 3.8) is 0 Å². The molecule has 0 aromatic carbocycles. The number of hydrogen-bond acceptors (Lipinski definition) is 4. The van der Waals surface area contributed by atoms with Crippen LogP contribution in [0.2, 0.25) is 0 Å². The number of methoxy groups -OCH3 is 2. The van der Waals surface area contributed by atoms with Crippen LogP contribution in [-0.4, -0.2) is 44.3 Å². The van der Waals surface area contributed by atoms with E-state index in [0.29, 0.717) is 11.3 Å². The van der Waals surface area contributed by atoms with Gasteiger partial charge in [0.25, 0.3) is 12.3 Å². The zero-order chi connectivity index (χ0) is 12.3. The van der Waals surface area contributed by atoms with E-state index in [-0.39, 0.29) is 6.54 Å². The predicted molar refractivity (Wildman–Crippen MR) is 56.3 cm³/mol. The molecule has 0 bridgehead atoms. The van der Waals surface area contributed by atoms with Crippen molar-refractivity contribution >= 4 is 6.34 Å². The number of nitrogens with zero attached hydrogens (tertiary/aromatic N) is 2. The highest BCUT2D eigenvalue weighted by molar-refractivity contribution is 5.61. The summed E-state index contributed by atoms with van der Waals surface area (Å²) in [6.45, 7) is 3.10. The Kier molecular flexibility index (Phi) is 3.98. The molecule has 1 aliphatic heterocycles. The molecule has 0 aliphatic carbocycles. The molecule has 0 amide bonds. The largest absolute Gasteiger partial charge is 0.331 e. The monoisotopic (exact) mass is 234 g/mol. The molecule has 6 heteroatoms. The van der Waals surface area contributed by atoms with Crippen molar-refractivity contribution in [2.24, 2.45) is 4.99 Å². The first-order valence-corrected chi connectivity index (χ1v) is 4.85. The summed E-state index contributed by atoms with van der Waals surface area (Å²) < 4.78 is 34.9. The van der Waals surface area contributed by atoms with Gasteiger partial charge in [0.15, 0.2) is 0 Å². The van der Waals surface area contributed by atoms with Gasteiger partial charge >= 0.3 is 0 Å². The Bertz CT molecular complexity index is 312. The maximum absolute atomic E-state index is 12.3. The minimum absolute atomic E-state index is 0.379. The van der Waals surface area contributed by atoms with Crippen molar-refractivity contribution in [2.75, 3.05) is 20.8 Å². The number of hydrogen-bond donors (Lipinski definition) is 0. The Morgan fingerprint density at radius 3 is 2.38 bits per heavy atom. The standard InChI is InChI=1S/C10H16F2N2O2/c1-7-8(2)14(5-9(11)12)6-13-10(7,15-3)16-4/h6,9H,5H2,1-4H3. The minimum atomic E-state index is -2.41. The summed E-state index contributed by atoms with van der Waals surface area (Å²) in [6, 6.07) is 0. The second kappa shape index (κ2) is 4.88. The van der Waals surface area contributed by atoms with Gasteiger partial charge in [0, 0.05) is 25.5 Å². The van der Waals surface area contributed by atoms with E-state index in [9.17, 15) is 8.78 Å². The number of alkyl halides is 2. The molecule has 0 radical (unpaired) electrons. The van der Waals surface area contributed by atoms with Crippen molar-refractivity contribution < 1.29 is 18.3 Å². The number of rotatable bonds is 4. The Hall–Kier alpha value is -1.01. The highest BCUT2D eigenvalue weighted by atomic mass is 19.3. The molecule has 0 aromatic rings. The molecule has 0 saturated carbocycles. The molecular weight excluding hydrogens is 218 g/mol. The fourth-order valence-electron chi connectivity index (χ4n) is 1.60. The Morgan fingerprint density at radius 1 is 1.38 bits per heavy atom. The lowest BCUT2D eigenvalue weighted by molar-refractivity contribution is -0.174. The first-order valence-electron chi connectivity index (χ1n) is 4.85. The summed E-state index contributed by atoms with van der Waals surface area (Å²) in [5.74, 6) is -1.18. The number of ether oxygens (including phenoxy) is 2. The molecular formula is C10H16F2N2O2. The molecule has 4 nitrogen and oxygen atoms in total. The van der Waals surface area contributed by atoms with Crippen LogP contribution in [0.5, 0.6) is 0 Å². The van der Waals surface area contributed by atoms with E-state index in [2.05, 4.69) is 4.99 Å². The van der Waals surface area contributed by atoms with E-state index in [1.165, 1.54) is 25.5 Å². The third-order valence-corrected chi connectivity index (χ3v) is 2.70. The first kappa shape index (κ1) is 13.1. The second-order valence-corrected chi connectivity index (χ2v) is 3.49. The van der Waals surface area contributed by atoms with Crippen molar-refractivity contribution in [3.8, 4) is 0 Å². The maximum Gasteiger partial charge on any atom is 0.296 e. The minimum Gasteiger partial charge on any atom is -0.331 e. The molecule has 0 aromatic heterocycles. The number of allylic oxidation sites excluding steroid dienone is 1. The summed E-state index contributed by atoms with van der Waals surface area (Å²) in [5, 5.41) is 0. The van der Waals surface area contributed by atoms with Crippen molar-refractivity contribution in [1.29, 1.82) is 0 Å². The molecule has 1 aliphatic rings. The highest BCUT2D eigenvalue weighted by Gasteiger charge is 2.36. The molecule has 0 atom stereocenters. The SMILES string of the molecule is COC1(OC)N=CN(CC(F)F)C(C)=C1C. The maximum atomic E-state index is 12.3. The number of aliphatic imine (C=N–C) groups is 1. The van der Waals surface area contributed by atoms with E-state index >= 15 is 0 Å². The summed E-state index contributed by atoms with van der Waals surface area (Å²) >= 11 is 0. The van der Waals surface area contributed by atoms with Crippen LogP contribution < -0.4 is 0 Å². The van der Waals surface area contributed by atoms with Crippen molar-refractivity contribution in [1.82, 2.24) is 4.90 Å². The van der Waals surface area contributed by atoms with Crippen LogP contribution in [0.15, 0.2) is 16.3 Å². The summed E-state index contributed by atoms with van der Waals surface area (Å²) in [4.78, 5) is 5.41. The molecule has 1 rings (SSSR count). The van der Waals surface area contributed by atoms with Gasteiger partial charge in [0.1, 0.15) is 0 Å². The number of halogens is 2. The predicted octanol–water partition coefficient (Wildman–Crippen LogP) is 1.84. The van der Waals surface area contributed by atoms with Crippen LogP contribution in [-0.2, 0) is 9.47 Å². The summed E-state index contributed by atoms with van der Waals surface area (Å²) in [5.41, 5.74) is 1.33. The van der Waals surface area contributed by atoms with Crippen LogP contribution in [0.1, 0.15) is 13.8 Å². The fourth-order valence-corrected chi connectivity index (χ4v) is 1.60. The van der Waals surface area contributed by atoms with Crippen LogP contribution in [0.3, 0.4) is 0 Å². The van der Waals surface area contributed by atoms with E-state index < -0.39 is 12.3 Å². The van der Waals surface area contributed by atoms with Gasteiger partial charge in [-0.25, -0.2) is 13.8 Å². The van der Waals surface area contributed by atoms with Gasteiger partial charge in [-0.15, -0.1) is 0 Å². The topological polar surface area (TPSA) is 34.1 Å². The highest BCUT2D eigenvalue weighted by Crippen LogP contribution is 2.30. The van der Waals surface area contributed by atoms with E-state index in [0.717, 1.165) is 0 Å². The van der Waals surface area contributed by atoms with Crippen LogP contribution >= 0.6 is 0 Å². The van der Waals surface area contributed by atoms with Gasteiger partial charge in [0.2, 0.25) is 0 Å². The second-order valence-electron chi connectivity index (χ2n) is 3.49. The lowest BCUT2D eigenvalue weighted by Crippen LogP contribution is -2.41. The van der Waals surface area contributed by atoms with Crippen LogP contribution in [0.25, 0.3) is 0 Å². The Labute approximate surface area is 93.5 Å². The normalized spacial score (nSPS) is 19.8. The molecule has 0 N–H and O–H groups in total. The van der Waals surface area contributed by atoms with Gasteiger partial charge < -0.3 is 14.4 Å². The smallest absolute Gasteiger partial charge is 0.296 e. The van der Waals surface area contributed by atoms with E-state index in [1.54, 1.807) is 13.8 Å². The van der Waals surface area contributed by atoms with Crippen LogP contribution in [0, 0.1) is 0 Å². The molecule has 1 heterocycles. The average Bonchev–Trinajstić information content (AvgIpc) is 2.26. The lowest BCUT2D eigenvalue weighted by Gasteiger charge is -2.35. The van der Waals surface area contributed by atoms with Crippen molar-refractivity contribution in [3.05, 3.63) is 11.3 Å². The lowest BCUT2D eigenvalue weighted by atomic mass is 10.1. The van der Waals surface area contributed by atoms with Gasteiger partial charge in [0.05, 0.1) is 12.9 Å². The molecule has 0 fully saturated rings. The molecule has 16 heavy (non-hydrogen) atoms. The molecule has 92 valence electrons. The molecule has 0 spiro atoms. The summed E-state index contributed by atoms with van der Waals surface area (Å²) in [6.07, 6.45) is -1.09. The quantitative estimate of drug-likeness (QED) is 0.696. The first-order chi connectivity index (χ1) is 7.46. The third kappa shape index (κ3) is 2.22. The van der Waals surface area contributed by atoms with Gasteiger partial charge in [-0.1, -0.05) is 0 Å². The molecule has 0 unspecified atom stereocenters. The van der Waals surface area contributed by atoms with Crippen LogP contribution in [0.4, 0.5) is 8.78 Å². The molecule has 0 saturated heterocycles. The zero-order valence-electron chi connectivity index (χ0n) is 9.83. The fraction of sp³-hybridized carbons (Fsp3) is 0.700. The third-order valence-electron chi connectivity index (χ3n) is 2.70.